The Morgan fingerprint density at radius 1 is 1.37 bits per heavy atom. The fourth-order valence-electron chi connectivity index (χ4n) is 3.13. The van der Waals surface area contributed by atoms with E-state index in [4.69, 9.17) is 0 Å². The first-order valence-corrected chi connectivity index (χ1v) is 6.80. The summed E-state index contributed by atoms with van der Waals surface area (Å²) in [6.45, 7) is 3.58. The molecule has 0 aromatic carbocycles. The summed E-state index contributed by atoms with van der Waals surface area (Å²) in [4.78, 5) is 17.7. The van der Waals surface area contributed by atoms with Crippen molar-refractivity contribution in [1.29, 1.82) is 0 Å². The largest absolute Gasteiger partial charge is 0.339 e. The van der Waals surface area contributed by atoms with E-state index < -0.39 is 5.82 Å². The average Bonchev–Trinajstić information content (AvgIpc) is 2.88. The molecule has 2 aliphatic heterocycles. The molecule has 1 aromatic heterocycles. The zero-order valence-corrected chi connectivity index (χ0v) is 10.9. The Bertz CT molecular complexity index is 475. The maximum absolute atomic E-state index is 13.6. The highest BCUT2D eigenvalue weighted by Gasteiger charge is 2.38. The first-order chi connectivity index (χ1) is 9.20. The average molecular weight is 263 g/mol. The standard InChI is InChI=1S/C14H18FN3O/c15-12-9-16-5-1-11(12)13(19)18-7-3-14(4-8-18)2-6-17-10-14/h1,5,9,17H,2-4,6-8,10H2. The van der Waals surface area contributed by atoms with E-state index >= 15 is 0 Å². The van der Waals surface area contributed by atoms with Crippen molar-refractivity contribution in [3.8, 4) is 0 Å². The fourth-order valence-corrected chi connectivity index (χ4v) is 3.13. The van der Waals surface area contributed by atoms with Crippen LogP contribution in [0.3, 0.4) is 0 Å². The van der Waals surface area contributed by atoms with Gasteiger partial charge in [-0.2, -0.15) is 0 Å². The molecule has 2 aliphatic rings. The Hall–Kier alpha value is -1.49. The molecular weight excluding hydrogens is 245 g/mol. The van der Waals surface area contributed by atoms with Crippen LogP contribution in [0.5, 0.6) is 0 Å². The van der Waals surface area contributed by atoms with Crippen molar-refractivity contribution in [3.63, 3.8) is 0 Å². The molecular formula is C14H18FN3O. The van der Waals surface area contributed by atoms with Crippen LogP contribution in [0.2, 0.25) is 0 Å². The van der Waals surface area contributed by atoms with Crippen LogP contribution >= 0.6 is 0 Å². The highest BCUT2D eigenvalue weighted by atomic mass is 19.1. The molecule has 102 valence electrons. The molecule has 5 heteroatoms. The third kappa shape index (κ3) is 2.34. The van der Waals surface area contributed by atoms with E-state index in [-0.39, 0.29) is 11.5 Å². The zero-order chi connectivity index (χ0) is 13.3. The van der Waals surface area contributed by atoms with Gasteiger partial charge in [0.2, 0.25) is 0 Å². The summed E-state index contributed by atoms with van der Waals surface area (Å²) in [5.41, 5.74) is 0.503. The van der Waals surface area contributed by atoms with E-state index in [2.05, 4.69) is 10.3 Å². The Morgan fingerprint density at radius 2 is 2.16 bits per heavy atom. The van der Waals surface area contributed by atoms with Crippen LogP contribution in [0.1, 0.15) is 29.6 Å². The van der Waals surface area contributed by atoms with Crippen LogP contribution in [-0.4, -0.2) is 42.0 Å². The molecule has 0 radical (unpaired) electrons. The highest BCUT2D eigenvalue weighted by Crippen LogP contribution is 2.37. The summed E-state index contributed by atoms with van der Waals surface area (Å²) >= 11 is 0. The van der Waals surface area contributed by atoms with Crippen LogP contribution in [0.4, 0.5) is 4.39 Å². The number of hydrogen-bond donors (Lipinski definition) is 1. The maximum Gasteiger partial charge on any atom is 0.256 e. The van der Waals surface area contributed by atoms with Gasteiger partial charge in [-0.25, -0.2) is 4.39 Å². The van der Waals surface area contributed by atoms with Crippen LogP contribution < -0.4 is 5.32 Å². The molecule has 1 spiro atoms. The molecule has 1 amide bonds. The quantitative estimate of drug-likeness (QED) is 0.834. The van der Waals surface area contributed by atoms with Crippen LogP contribution in [0, 0.1) is 11.2 Å². The van der Waals surface area contributed by atoms with Gasteiger partial charge in [-0.3, -0.25) is 9.78 Å². The predicted molar refractivity (Wildman–Crippen MR) is 69.3 cm³/mol. The van der Waals surface area contributed by atoms with Gasteiger partial charge in [-0.15, -0.1) is 0 Å². The van der Waals surface area contributed by atoms with Crippen LogP contribution in [-0.2, 0) is 0 Å². The number of carbonyl (C=O) groups is 1. The normalized spacial score (nSPS) is 21.8. The van der Waals surface area contributed by atoms with E-state index in [1.54, 1.807) is 4.90 Å². The number of halogens is 1. The number of piperidine rings is 1. The van der Waals surface area contributed by atoms with Crippen molar-refractivity contribution in [2.45, 2.75) is 19.3 Å². The van der Waals surface area contributed by atoms with Gasteiger partial charge >= 0.3 is 0 Å². The minimum atomic E-state index is -0.532. The Balaban J connectivity index is 1.68. The van der Waals surface area contributed by atoms with E-state index in [1.807, 2.05) is 0 Å². The molecule has 1 N–H and O–H groups in total. The molecule has 4 nitrogen and oxygen atoms in total. The summed E-state index contributed by atoms with van der Waals surface area (Å²) < 4.78 is 13.6. The van der Waals surface area contributed by atoms with Gasteiger partial charge in [0.25, 0.3) is 5.91 Å². The zero-order valence-electron chi connectivity index (χ0n) is 10.9. The number of amides is 1. The van der Waals surface area contributed by atoms with Gasteiger partial charge in [0.05, 0.1) is 11.8 Å². The summed E-state index contributed by atoms with van der Waals surface area (Å²) in [5, 5.41) is 3.40. The third-order valence-corrected chi connectivity index (χ3v) is 4.45. The first-order valence-electron chi connectivity index (χ1n) is 6.80. The summed E-state index contributed by atoms with van der Waals surface area (Å²) in [5.74, 6) is -0.740. The Kier molecular flexibility index (Phi) is 3.22. The number of carbonyl (C=O) groups excluding carboxylic acids is 1. The number of likely N-dealkylation sites (tertiary alicyclic amines) is 1. The molecule has 1 aromatic rings. The molecule has 0 aliphatic carbocycles. The number of pyridine rings is 1. The monoisotopic (exact) mass is 263 g/mol. The molecule has 19 heavy (non-hydrogen) atoms. The van der Waals surface area contributed by atoms with Gasteiger partial charge < -0.3 is 10.2 Å². The fraction of sp³-hybridized carbons (Fsp3) is 0.571. The second-order valence-corrected chi connectivity index (χ2v) is 5.57. The maximum atomic E-state index is 13.6. The number of nitrogens with zero attached hydrogens (tertiary/aromatic N) is 2. The molecule has 2 saturated heterocycles. The lowest BCUT2D eigenvalue weighted by molar-refractivity contribution is 0.0603. The highest BCUT2D eigenvalue weighted by molar-refractivity contribution is 5.94. The number of aromatic nitrogens is 1. The van der Waals surface area contributed by atoms with Gasteiger partial charge in [-0.05, 0) is 37.3 Å². The van der Waals surface area contributed by atoms with Crippen LogP contribution in [0.25, 0.3) is 0 Å². The van der Waals surface area contributed by atoms with Crippen molar-refractivity contribution in [2.24, 2.45) is 5.41 Å². The number of hydrogen-bond acceptors (Lipinski definition) is 3. The SMILES string of the molecule is O=C(c1ccncc1F)N1CCC2(CCNC2)CC1. The minimum Gasteiger partial charge on any atom is -0.339 e. The lowest BCUT2D eigenvalue weighted by Crippen LogP contribution is -2.44. The summed E-state index contributed by atoms with van der Waals surface area (Å²) in [6.07, 6.45) is 5.78. The molecule has 3 heterocycles. The van der Waals surface area contributed by atoms with Crippen molar-refractivity contribution >= 4 is 5.91 Å². The van der Waals surface area contributed by atoms with Crippen molar-refractivity contribution in [3.05, 3.63) is 29.8 Å². The van der Waals surface area contributed by atoms with E-state index in [1.165, 1.54) is 18.7 Å². The van der Waals surface area contributed by atoms with E-state index in [0.717, 1.165) is 45.2 Å². The third-order valence-electron chi connectivity index (χ3n) is 4.45. The second kappa shape index (κ2) is 4.89. The molecule has 0 atom stereocenters. The first kappa shape index (κ1) is 12.5. The lowest BCUT2D eigenvalue weighted by Gasteiger charge is -2.38. The smallest absolute Gasteiger partial charge is 0.256 e. The molecule has 0 unspecified atom stereocenters. The molecule has 2 fully saturated rings. The van der Waals surface area contributed by atoms with Crippen LogP contribution in [0.15, 0.2) is 18.5 Å². The van der Waals surface area contributed by atoms with Crippen molar-refractivity contribution in [1.82, 2.24) is 15.2 Å². The topological polar surface area (TPSA) is 45.2 Å². The van der Waals surface area contributed by atoms with Gasteiger partial charge in [-0.1, -0.05) is 0 Å². The van der Waals surface area contributed by atoms with Crippen molar-refractivity contribution in [2.75, 3.05) is 26.2 Å². The number of nitrogens with one attached hydrogen (secondary N) is 1. The predicted octanol–water partition coefficient (Wildman–Crippen LogP) is 1.44. The van der Waals surface area contributed by atoms with Gasteiger partial charge in [0.15, 0.2) is 5.82 Å². The molecule has 0 saturated carbocycles. The van der Waals surface area contributed by atoms with Crippen molar-refractivity contribution < 1.29 is 9.18 Å². The van der Waals surface area contributed by atoms with E-state index in [0.29, 0.717) is 5.41 Å². The Morgan fingerprint density at radius 3 is 2.79 bits per heavy atom. The van der Waals surface area contributed by atoms with Gasteiger partial charge in [0, 0.05) is 25.8 Å². The molecule has 3 rings (SSSR count). The number of rotatable bonds is 1. The van der Waals surface area contributed by atoms with E-state index in [9.17, 15) is 9.18 Å². The van der Waals surface area contributed by atoms with Gasteiger partial charge in [0.1, 0.15) is 0 Å². The summed E-state index contributed by atoms with van der Waals surface area (Å²) in [7, 11) is 0. The second-order valence-electron chi connectivity index (χ2n) is 5.57. The summed E-state index contributed by atoms with van der Waals surface area (Å²) in [6, 6.07) is 1.46. The Labute approximate surface area is 112 Å². The molecule has 0 bridgehead atoms. The lowest BCUT2D eigenvalue weighted by atomic mass is 9.78. The minimum absolute atomic E-state index is 0.135.